The number of aromatic nitrogens is 4. The highest BCUT2D eigenvalue weighted by molar-refractivity contribution is 6.35. The molecule has 14 rings (SSSR count). The van der Waals surface area contributed by atoms with Crippen LogP contribution in [0, 0.1) is 11.3 Å². The van der Waals surface area contributed by atoms with Crippen LogP contribution in [-0.4, -0.2) is 19.1 Å². The Labute approximate surface area is 366 Å². The maximum absolute atomic E-state index is 12.3. The number of rotatable bonds is 5. The van der Waals surface area contributed by atoms with Crippen molar-refractivity contribution in [1.29, 1.82) is 5.26 Å². The molecule has 4 heterocycles. The van der Waals surface area contributed by atoms with Gasteiger partial charge in [0.2, 0.25) is 0 Å². The summed E-state index contributed by atoms with van der Waals surface area (Å²) in [5.74, 6) is 0. The van der Waals surface area contributed by atoms with Gasteiger partial charge in [0.15, 0.2) is 0 Å². The van der Waals surface area contributed by atoms with Crippen molar-refractivity contribution in [3.05, 3.63) is 206 Å². The van der Waals surface area contributed by atoms with Crippen LogP contribution in [0.15, 0.2) is 201 Å². The third-order valence-electron chi connectivity index (χ3n) is 13.6. The van der Waals surface area contributed by atoms with Gasteiger partial charge < -0.3 is 9.13 Å². The van der Waals surface area contributed by atoms with E-state index in [0.29, 0.717) is 5.56 Å². The summed E-state index contributed by atoms with van der Waals surface area (Å²) in [6.45, 7) is 0. The molecule has 0 fully saturated rings. The molecule has 0 amide bonds. The van der Waals surface area contributed by atoms with Crippen LogP contribution in [0.1, 0.15) is 5.56 Å². The quantitative estimate of drug-likeness (QED) is 0.163. The minimum absolute atomic E-state index is 0.563. The van der Waals surface area contributed by atoms with Gasteiger partial charge in [-0.05, 0) is 62.5 Å². The van der Waals surface area contributed by atoms with Crippen LogP contribution in [0.25, 0.3) is 132 Å². The highest BCUT2D eigenvalue weighted by Gasteiger charge is 2.33. The van der Waals surface area contributed by atoms with Gasteiger partial charge in [-0.15, -0.1) is 0 Å². The molecule has 0 aliphatic rings. The summed E-state index contributed by atoms with van der Waals surface area (Å²) in [6.07, 6.45) is 5.88. The van der Waals surface area contributed by atoms with E-state index in [2.05, 4.69) is 191 Å². The molecule has 0 N–H and O–H groups in total. The van der Waals surface area contributed by atoms with Gasteiger partial charge in [-0.2, -0.15) is 5.26 Å². The van der Waals surface area contributed by atoms with Gasteiger partial charge >= 0.3 is 0 Å². The second-order valence-electron chi connectivity index (χ2n) is 16.7. The van der Waals surface area contributed by atoms with E-state index in [4.69, 9.17) is 9.97 Å². The topological polar surface area (TPSA) is 59.4 Å². The Balaban J connectivity index is 1.30. The normalized spacial score (nSPS) is 12.0. The van der Waals surface area contributed by atoms with Gasteiger partial charge in [0.25, 0.3) is 0 Å². The number of nitriles is 1. The lowest BCUT2D eigenvalue weighted by Crippen LogP contribution is -2.11. The number of benzene rings is 10. The summed E-state index contributed by atoms with van der Waals surface area (Å²) in [5, 5.41) is 24.8. The van der Waals surface area contributed by atoms with Crippen LogP contribution < -0.4 is 0 Å². The van der Waals surface area contributed by atoms with Crippen LogP contribution in [0.2, 0.25) is 0 Å². The maximum atomic E-state index is 12.3. The molecule has 0 aliphatic carbocycles. The standard InChI is InChI=1S/C59H33N5/c60-32-44-58(63-46-28-13-25-41-42-27-15-31-62-57(42)43-26-14-30-48(63)55(43)54(41)46)51(36-18-6-2-7-19-36)50(35-16-4-1-5-17-35)52(37-20-8-3-9-21-37)59(44)64-47-29-12-24-40-38-22-10-11-23-39(38)45-33-61-34-49(64)56(45)53(40)47/h1-31,33-34H. The lowest BCUT2D eigenvalue weighted by molar-refractivity contribution is 1.12. The molecule has 64 heavy (non-hydrogen) atoms. The molecule has 0 bridgehead atoms. The molecule has 0 spiro atoms. The van der Waals surface area contributed by atoms with Crippen molar-refractivity contribution in [3.8, 4) is 50.8 Å². The van der Waals surface area contributed by atoms with Gasteiger partial charge in [-0.1, -0.05) is 158 Å². The molecule has 0 saturated heterocycles. The van der Waals surface area contributed by atoms with Gasteiger partial charge in [-0.25, -0.2) is 0 Å². The summed E-state index contributed by atoms with van der Waals surface area (Å²) >= 11 is 0. The summed E-state index contributed by atoms with van der Waals surface area (Å²) in [4.78, 5) is 9.96. The Morgan fingerprint density at radius 3 is 1.38 bits per heavy atom. The Morgan fingerprint density at radius 1 is 0.359 bits per heavy atom. The van der Waals surface area contributed by atoms with E-state index < -0.39 is 0 Å². The third-order valence-corrected chi connectivity index (χ3v) is 13.6. The zero-order valence-corrected chi connectivity index (χ0v) is 34.3. The van der Waals surface area contributed by atoms with Gasteiger partial charge in [0, 0.05) is 66.8 Å². The smallest absolute Gasteiger partial charge is 0.104 e. The molecule has 4 aromatic heterocycles. The Kier molecular flexibility index (Phi) is 7.12. The van der Waals surface area contributed by atoms with Crippen LogP contribution in [0.3, 0.4) is 0 Å². The lowest BCUT2D eigenvalue weighted by Gasteiger charge is -2.27. The fourth-order valence-corrected chi connectivity index (χ4v) is 11.2. The summed E-state index contributed by atoms with van der Waals surface area (Å²) in [5.41, 5.74) is 13.3. The number of hydrogen-bond acceptors (Lipinski definition) is 3. The van der Waals surface area contributed by atoms with E-state index in [0.717, 1.165) is 121 Å². The van der Waals surface area contributed by atoms with Crippen molar-refractivity contribution in [2.45, 2.75) is 0 Å². The van der Waals surface area contributed by atoms with Crippen LogP contribution in [0.4, 0.5) is 0 Å². The number of pyridine rings is 2. The monoisotopic (exact) mass is 811 g/mol. The van der Waals surface area contributed by atoms with E-state index >= 15 is 0 Å². The average Bonchev–Trinajstić information content (AvgIpc) is 3.89. The van der Waals surface area contributed by atoms with E-state index in [1.165, 1.54) is 10.8 Å². The average molecular weight is 812 g/mol. The Morgan fingerprint density at radius 2 is 0.797 bits per heavy atom. The molecule has 0 unspecified atom stereocenters. The van der Waals surface area contributed by atoms with Crippen molar-refractivity contribution in [1.82, 2.24) is 19.1 Å². The van der Waals surface area contributed by atoms with Crippen LogP contribution in [0.5, 0.6) is 0 Å². The maximum Gasteiger partial charge on any atom is 0.104 e. The largest absolute Gasteiger partial charge is 0.307 e. The van der Waals surface area contributed by atoms with Crippen molar-refractivity contribution < 1.29 is 0 Å². The fraction of sp³-hybridized carbons (Fsp3) is 0. The fourth-order valence-electron chi connectivity index (χ4n) is 11.2. The van der Waals surface area contributed by atoms with Gasteiger partial charge in [0.1, 0.15) is 11.6 Å². The van der Waals surface area contributed by atoms with E-state index in [9.17, 15) is 5.26 Å². The predicted octanol–water partition coefficient (Wildman–Crippen LogP) is 15.0. The first kappa shape index (κ1) is 34.8. The minimum Gasteiger partial charge on any atom is -0.307 e. The van der Waals surface area contributed by atoms with Gasteiger partial charge in [-0.3, -0.25) is 9.97 Å². The molecule has 0 aliphatic heterocycles. The first-order valence-corrected chi connectivity index (χ1v) is 21.6. The van der Waals surface area contributed by atoms with E-state index in [1.807, 2.05) is 24.7 Å². The first-order valence-electron chi connectivity index (χ1n) is 21.6. The van der Waals surface area contributed by atoms with Crippen molar-refractivity contribution >= 4 is 86.8 Å². The molecule has 0 radical (unpaired) electrons. The summed E-state index contributed by atoms with van der Waals surface area (Å²) in [6, 6.07) is 67.5. The zero-order chi connectivity index (χ0) is 42.0. The molecule has 10 aromatic carbocycles. The Hall–Kier alpha value is -8.85. The molecule has 5 nitrogen and oxygen atoms in total. The SMILES string of the molecule is N#Cc1c(-n2c3cccc4c5ccccc5c5cncc2c5c43)c(-c2ccccc2)c(-c2ccccc2)c(-c2ccccc2)c1-n1c2cccc3c4cccnc4c4cccc1c4c32. The summed E-state index contributed by atoms with van der Waals surface area (Å²) in [7, 11) is 0. The van der Waals surface area contributed by atoms with Crippen LogP contribution >= 0.6 is 0 Å². The number of hydrogen-bond donors (Lipinski definition) is 0. The Bertz CT molecular complexity index is 3810. The molecule has 294 valence electrons. The molecular weight excluding hydrogens is 779 g/mol. The molecular formula is C59H33N5. The first-order chi connectivity index (χ1) is 31.8. The van der Waals surface area contributed by atoms with Crippen molar-refractivity contribution in [2.75, 3.05) is 0 Å². The number of fused-ring (bicyclic) bond motifs is 6. The van der Waals surface area contributed by atoms with Crippen molar-refractivity contribution in [3.63, 3.8) is 0 Å². The predicted molar refractivity (Wildman–Crippen MR) is 264 cm³/mol. The van der Waals surface area contributed by atoms with E-state index in [1.54, 1.807) is 0 Å². The molecule has 5 heteroatoms. The minimum atomic E-state index is 0.563. The lowest BCUT2D eigenvalue weighted by atomic mass is 9.82. The molecule has 0 saturated carbocycles. The number of nitrogens with zero attached hydrogens (tertiary/aromatic N) is 5. The highest BCUT2D eigenvalue weighted by atomic mass is 15.0. The molecule has 14 aromatic rings. The molecule has 0 atom stereocenters. The van der Waals surface area contributed by atoms with Crippen LogP contribution in [-0.2, 0) is 0 Å². The second kappa shape index (κ2) is 13.1. The van der Waals surface area contributed by atoms with E-state index in [-0.39, 0.29) is 0 Å². The zero-order valence-electron chi connectivity index (χ0n) is 34.3. The third kappa shape index (κ3) is 4.50. The highest BCUT2D eigenvalue weighted by Crippen LogP contribution is 2.54. The van der Waals surface area contributed by atoms with Crippen molar-refractivity contribution in [2.24, 2.45) is 0 Å². The van der Waals surface area contributed by atoms with Gasteiger partial charge in [0.05, 0.1) is 45.2 Å². The summed E-state index contributed by atoms with van der Waals surface area (Å²) < 4.78 is 4.73. The second-order valence-corrected chi connectivity index (χ2v) is 16.7.